The average molecular weight is 214 g/mol. The summed E-state index contributed by atoms with van der Waals surface area (Å²) in [6.07, 6.45) is 0. The van der Waals surface area contributed by atoms with E-state index >= 15 is 0 Å². The van der Waals surface area contributed by atoms with Gasteiger partial charge in [0.25, 0.3) is 0 Å². The van der Waals surface area contributed by atoms with Crippen LogP contribution in [-0.2, 0) is 4.74 Å². The molecule has 0 saturated heterocycles. The number of nitrogens with two attached hydrogens (primary N) is 1. The lowest BCUT2D eigenvalue weighted by atomic mass is 10.0. The van der Waals surface area contributed by atoms with Gasteiger partial charge in [0.1, 0.15) is 0 Å². The van der Waals surface area contributed by atoms with Crippen molar-refractivity contribution in [3.05, 3.63) is 27.8 Å². The first-order valence-electron chi connectivity index (χ1n) is 4.12. The molecule has 0 spiro atoms. The van der Waals surface area contributed by atoms with Gasteiger partial charge in [-0.25, -0.2) is 4.79 Å². The van der Waals surface area contributed by atoms with E-state index in [-0.39, 0.29) is 0 Å². The van der Waals surface area contributed by atoms with Crippen LogP contribution in [0.4, 0.5) is 5.69 Å². The number of benzene rings is 1. The third kappa shape index (κ3) is 1.68. The van der Waals surface area contributed by atoms with E-state index in [1.165, 1.54) is 7.11 Å². The molecule has 0 saturated carbocycles. The summed E-state index contributed by atoms with van der Waals surface area (Å²) >= 11 is 5.90. The highest BCUT2D eigenvalue weighted by Crippen LogP contribution is 2.28. The van der Waals surface area contributed by atoms with Gasteiger partial charge in [0.2, 0.25) is 0 Å². The van der Waals surface area contributed by atoms with Crippen LogP contribution in [0.5, 0.6) is 0 Å². The minimum atomic E-state index is -0.420. The zero-order valence-electron chi connectivity index (χ0n) is 8.35. The first-order valence-corrected chi connectivity index (χ1v) is 4.50. The third-order valence-electron chi connectivity index (χ3n) is 2.25. The number of ether oxygens (including phenoxy) is 1. The standard InChI is InChI=1S/C10H12ClNO2/c1-5-7(10(13)14-3)4-8(11)6(2)9(5)12/h4H,12H2,1-3H3. The average Bonchev–Trinajstić information content (AvgIpc) is 2.19. The van der Waals surface area contributed by atoms with E-state index in [1.807, 2.05) is 6.92 Å². The van der Waals surface area contributed by atoms with E-state index in [0.29, 0.717) is 21.8 Å². The number of carbonyl (C=O) groups is 1. The van der Waals surface area contributed by atoms with E-state index in [2.05, 4.69) is 4.74 Å². The lowest BCUT2D eigenvalue weighted by Crippen LogP contribution is -2.07. The summed E-state index contributed by atoms with van der Waals surface area (Å²) in [4.78, 5) is 11.3. The third-order valence-corrected chi connectivity index (χ3v) is 2.64. The molecule has 3 nitrogen and oxygen atoms in total. The predicted molar refractivity (Wildman–Crippen MR) is 56.7 cm³/mol. The van der Waals surface area contributed by atoms with Crippen molar-refractivity contribution < 1.29 is 9.53 Å². The normalized spacial score (nSPS) is 10.0. The Morgan fingerprint density at radius 2 is 2.00 bits per heavy atom. The van der Waals surface area contributed by atoms with Crippen molar-refractivity contribution in [3.8, 4) is 0 Å². The van der Waals surface area contributed by atoms with Gasteiger partial charge < -0.3 is 10.5 Å². The molecule has 0 heterocycles. The second-order valence-electron chi connectivity index (χ2n) is 3.06. The van der Waals surface area contributed by atoms with Crippen LogP contribution in [0.15, 0.2) is 6.07 Å². The molecule has 0 aliphatic carbocycles. The molecular formula is C10H12ClNO2. The smallest absolute Gasteiger partial charge is 0.338 e. The summed E-state index contributed by atoms with van der Waals surface area (Å²) in [5.74, 6) is -0.420. The van der Waals surface area contributed by atoms with E-state index in [9.17, 15) is 4.79 Å². The first kappa shape index (κ1) is 10.9. The molecule has 0 bridgehead atoms. The monoisotopic (exact) mass is 213 g/mol. The van der Waals surface area contributed by atoms with Crippen molar-refractivity contribution in [1.82, 2.24) is 0 Å². The second kappa shape index (κ2) is 3.88. The van der Waals surface area contributed by atoms with Gasteiger partial charge in [-0.1, -0.05) is 11.6 Å². The van der Waals surface area contributed by atoms with Crippen molar-refractivity contribution in [3.63, 3.8) is 0 Å². The Hall–Kier alpha value is -1.22. The largest absolute Gasteiger partial charge is 0.465 e. The van der Waals surface area contributed by atoms with Crippen LogP contribution in [0.1, 0.15) is 21.5 Å². The van der Waals surface area contributed by atoms with Gasteiger partial charge >= 0.3 is 5.97 Å². The maximum absolute atomic E-state index is 11.3. The molecule has 4 heteroatoms. The van der Waals surface area contributed by atoms with Crippen LogP contribution in [0.2, 0.25) is 5.02 Å². The second-order valence-corrected chi connectivity index (χ2v) is 3.47. The molecule has 14 heavy (non-hydrogen) atoms. The number of carbonyl (C=O) groups excluding carboxylic acids is 1. The molecule has 0 atom stereocenters. The van der Waals surface area contributed by atoms with Crippen LogP contribution < -0.4 is 5.73 Å². The highest BCUT2D eigenvalue weighted by Gasteiger charge is 2.14. The summed E-state index contributed by atoms with van der Waals surface area (Å²) in [7, 11) is 1.33. The molecule has 0 aromatic heterocycles. The molecule has 0 fully saturated rings. The summed E-state index contributed by atoms with van der Waals surface area (Å²) < 4.78 is 4.61. The van der Waals surface area contributed by atoms with Gasteiger partial charge in [0.15, 0.2) is 0 Å². The van der Waals surface area contributed by atoms with Gasteiger partial charge in [-0.3, -0.25) is 0 Å². The lowest BCUT2D eigenvalue weighted by molar-refractivity contribution is 0.0600. The van der Waals surface area contributed by atoms with Gasteiger partial charge in [-0.05, 0) is 31.0 Å². The molecule has 0 aliphatic heterocycles. The van der Waals surface area contributed by atoms with Crippen molar-refractivity contribution in [1.29, 1.82) is 0 Å². The summed E-state index contributed by atoms with van der Waals surface area (Å²) in [5.41, 5.74) is 8.24. The molecule has 2 N–H and O–H groups in total. The molecule has 1 aromatic carbocycles. The van der Waals surface area contributed by atoms with Gasteiger partial charge in [0, 0.05) is 10.7 Å². The Kier molecular flexibility index (Phi) is 3.01. The predicted octanol–water partition coefficient (Wildman–Crippen LogP) is 2.33. The summed E-state index contributed by atoms with van der Waals surface area (Å²) in [6.45, 7) is 3.58. The number of esters is 1. The molecule has 1 rings (SSSR count). The molecule has 0 radical (unpaired) electrons. The fourth-order valence-electron chi connectivity index (χ4n) is 1.22. The van der Waals surface area contributed by atoms with E-state index in [0.717, 1.165) is 5.56 Å². The quantitative estimate of drug-likeness (QED) is 0.576. The van der Waals surface area contributed by atoms with Crippen molar-refractivity contribution in [2.24, 2.45) is 0 Å². The zero-order valence-corrected chi connectivity index (χ0v) is 9.11. The van der Waals surface area contributed by atoms with Crippen molar-refractivity contribution in [2.75, 3.05) is 12.8 Å². The van der Waals surface area contributed by atoms with Crippen LogP contribution in [0, 0.1) is 13.8 Å². The Morgan fingerprint density at radius 3 is 2.50 bits per heavy atom. The Morgan fingerprint density at radius 1 is 1.43 bits per heavy atom. The molecule has 0 unspecified atom stereocenters. The molecule has 0 aliphatic rings. The molecule has 1 aromatic rings. The van der Waals surface area contributed by atoms with Gasteiger partial charge in [0.05, 0.1) is 12.7 Å². The SMILES string of the molecule is COC(=O)c1cc(Cl)c(C)c(N)c1C. The fraction of sp³-hybridized carbons (Fsp3) is 0.300. The fourth-order valence-corrected chi connectivity index (χ4v) is 1.43. The van der Waals surface area contributed by atoms with Crippen LogP contribution in [0.3, 0.4) is 0 Å². The number of methoxy groups -OCH3 is 1. The maximum atomic E-state index is 11.3. The molecule has 0 amide bonds. The number of anilines is 1. The van der Waals surface area contributed by atoms with E-state index in [4.69, 9.17) is 17.3 Å². The maximum Gasteiger partial charge on any atom is 0.338 e. The number of nitrogen functional groups attached to an aromatic ring is 1. The van der Waals surface area contributed by atoms with Gasteiger partial charge in [-0.2, -0.15) is 0 Å². The van der Waals surface area contributed by atoms with Crippen molar-refractivity contribution in [2.45, 2.75) is 13.8 Å². The number of hydrogen-bond donors (Lipinski definition) is 1. The minimum absolute atomic E-state index is 0.417. The van der Waals surface area contributed by atoms with E-state index in [1.54, 1.807) is 13.0 Å². The molecular weight excluding hydrogens is 202 g/mol. The Bertz CT molecular complexity index is 388. The Balaban J connectivity index is 3.40. The highest BCUT2D eigenvalue weighted by atomic mass is 35.5. The number of halogens is 1. The van der Waals surface area contributed by atoms with Crippen molar-refractivity contribution >= 4 is 23.3 Å². The number of rotatable bonds is 1. The number of hydrogen-bond acceptors (Lipinski definition) is 3. The van der Waals surface area contributed by atoms with Crippen LogP contribution in [-0.4, -0.2) is 13.1 Å². The topological polar surface area (TPSA) is 52.3 Å². The lowest BCUT2D eigenvalue weighted by Gasteiger charge is -2.10. The molecule has 76 valence electrons. The van der Waals surface area contributed by atoms with Crippen LogP contribution >= 0.6 is 11.6 Å². The minimum Gasteiger partial charge on any atom is -0.465 e. The van der Waals surface area contributed by atoms with Gasteiger partial charge in [-0.15, -0.1) is 0 Å². The van der Waals surface area contributed by atoms with Crippen LogP contribution in [0.25, 0.3) is 0 Å². The zero-order chi connectivity index (χ0) is 10.9. The summed E-state index contributed by atoms with van der Waals surface area (Å²) in [6, 6.07) is 1.58. The summed E-state index contributed by atoms with van der Waals surface area (Å²) in [5, 5.41) is 0.480. The highest BCUT2D eigenvalue weighted by molar-refractivity contribution is 6.32. The Labute approximate surface area is 87.8 Å². The van der Waals surface area contributed by atoms with E-state index < -0.39 is 5.97 Å². The first-order chi connectivity index (χ1) is 6.49.